The lowest BCUT2D eigenvalue weighted by Crippen LogP contribution is -2.27. The van der Waals surface area contributed by atoms with Crippen molar-refractivity contribution in [1.29, 1.82) is 0 Å². The zero-order valence-corrected chi connectivity index (χ0v) is 11.9. The number of terminal acetylenes is 1. The molecular weight excluding hydrogens is 305 g/mol. The monoisotopic (exact) mass is 317 g/mol. The molecule has 0 bridgehead atoms. The third-order valence-corrected chi connectivity index (χ3v) is 4.55. The van der Waals surface area contributed by atoms with Crippen molar-refractivity contribution >= 4 is 27.8 Å². The summed E-state index contributed by atoms with van der Waals surface area (Å²) in [5.74, 6) is 0.881. The molecule has 1 aromatic rings. The lowest BCUT2D eigenvalue weighted by atomic mass is 10.2. The maximum absolute atomic E-state index is 13.6. The normalized spacial score (nSPS) is 11.0. The number of nitrogens with one attached hydrogen (secondary N) is 1. The fourth-order valence-corrected chi connectivity index (χ4v) is 3.04. The standard InChI is InChI=1S/C12H12FNO4S2/c1-2-6-19-7-5-14-20(17,18)11-4-3-9(12(15)16)8-10(11)13/h1,3-4,8,14H,5-7H2,(H,15,16). The van der Waals surface area contributed by atoms with Crippen LogP contribution < -0.4 is 4.72 Å². The van der Waals surface area contributed by atoms with Gasteiger partial charge in [-0.3, -0.25) is 0 Å². The largest absolute Gasteiger partial charge is 0.478 e. The lowest BCUT2D eigenvalue weighted by Gasteiger charge is -2.07. The molecule has 5 nitrogen and oxygen atoms in total. The summed E-state index contributed by atoms with van der Waals surface area (Å²) in [5, 5.41) is 8.68. The second kappa shape index (κ2) is 7.28. The molecule has 2 N–H and O–H groups in total. The summed E-state index contributed by atoms with van der Waals surface area (Å²) in [5.41, 5.74) is -0.314. The van der Waals surface area contributed by atoms with Crippen LogP contribution in [0.1, 0.15) is 10.4 Å². The van der Waals surface area contributed by atoms with E-state index in [-0.39, 0.29) is 12.1 Å². The van der Waals surface area contributed by atoms with Gasteiger partial charge >= 0.3 is 5.97 Å². The van der Waals surface area contributed by atoms with Gasteiger partial charge in [0.25, 0.3) is 0 Å². The number of sulfonamides is 1. The molecule has 0 amide bonds. The van der Waals surface area contributed by atoms with Crippen LogP contribution in [0.4, 0.5) is 4.39 Å². The summed E-state index contributed by atoms with van der Waals surface area (Å²) in [7, 11) is -4.00. The number of rotatable bonds is 7. The van der Waals surface area contributed by atoms with Crippen LogP contribution in [-0.2, 0) is 10.0 Å². The highest BCUT2D eigenvalue weighted by Gasteiger charge is 2.19. The van der Waals surface area contributed by atoms with Gasteiger partial charge in [0.15, 0.2) is 0 Å². The van der Waals surface area contributed by atoms with Crippen molar-refractivity contribution in [2.24, 2.45) is 0 Å². The van der Waals surface area contributed by atoms with Crippen molar-refractivity contribution in [3.63, 3.8) is 0 Å². The van der Waals surface area contributed by atoms with Crippen LogP contribution in [0.3, 0.4) is 0 Å². The maximum Gasteiger partial charge on any atom is 0.335 e. The maximum atomic E-state index is 13.6. The molecule has 0 spiro atoms. The van der Waals surface area contributed by atoms with Crippen LogP contribution in [0.2, 0.25) is 0 Å². The van der Waals surface area contributed by atoms with Crippen LogP contribution in [0.15, 0.2) is 23.1 Å². The Morgan fingerprint density at radius 2 is 2.20 bits per heavy atom. The number of aromatic carboxylic acids is 1. The molecule has 0 unspecified atom stereocenters. The molecule has 8 heteroatoms. The van der Waals surface area contributed by atoms with Crippen molar-refractivity contribution in [1.82, 2.24) is 4.72 Å². The Hall–Kier alpha value is -1.56. The Balaban J connectivity index is 2.78. The second-order valence-electron chi connectivity index (χ2n) is 3.60. The number of benzene rings is 1. The topological polar surface area (TPSA) is 83.5 Å². The third-order valence-electron chi connectivity index (χ3n) is 2.19. The first-order chi connectivity index (χ1) is 9.38. The van der Waals surface area contributed by atoms with Crippen LogP contribution in [0.25, 0.3) is 0 Å². The van der Waals surface area contributed by atoms with Gasteiger partial charge in [-0.25, -0.2) is 22.3 Å². The fourth-order valence-electron chi connectivity index (χ4n) is 1.31. The van der Waals surface area contributed by atoms with Crippen LogP contribution in [0, 0.1) is 18.2 Å². The summed E-state index contributed by atoms with van der Waals surface area (Å²) < 4.78 is 39.5. The third kappa shape index (κ3) is 4.52. The molecule has 0 aliphatic carbocycles. The minimum Gasteiger partial charge on any atom is -0.478 e. The van der Waals surface area contributed by atoms with Gasteiger partial charge in [-0.1, -0.05) is 5.92 Å². The first-order valence-electron chi connectivity index (χ1n) is 5.42. The van der Waals surface area contributed by atoms with Crippen molar-refractivity contribution in [3.05, 3.63) is 29.6 Å². The Labute approximate surface area is 120 Å². The molecule has 0 radical (unpaired) electrons. The molecular formula is C12H12FNO4S2. The van der Waals surface area contributed by atoms with E-state index in [2.05, 4.69) is 10.6 Å². The molecule has 0 saturated heterocycles. The first kappa shape index (κ1) is 16.5. The minimum absolute atomic E-state index is 0.106. The van der Waals surface area contributed by atoms with Gasteiger partial charge in [0.05, 0.1) is 11.3 Å². The van der Waals surface area contributed by atoms with Gasteiger partial charge in [-0.2, -0.15) is 0 Å². The van der Waals surface area contributed by atoms with E-state index in [0.717, 1.165) is 12.1 Å². The average molecular weight is 317 g/mol. The van der Waals surface area contributed by atoms with Crippen LogP contribution in [-0.4, -0.2) is 37.5 Å². The molecule has 0 aliphatic heterocycles. The summed E-state index contributed by atoms with van der Waals surface area (Å²) in [6, 6.07) is 2.63. The number of hydrogen-bond donors (Lipinski definition) is 2. The van der Waals surface area contributed by atoms with Gasteiger partial charge in [0.2, 0.25) is 10.0 Å². The van der Waals surface area contributed by atoms with Crippen LogP contribution >= 0.6 is 11.8 Å². The predicted molar refractivity (Wildman–Crippen MR) is 74.7 cm³/mol. The van der Waals surface area contributed by atoms with E-state index in [0.29, 0.717) is 17.6 Å². The van der Waals surface area contributed by atoms with Crippen molar-refractivity contribution in [3.8, 4) is 12.3 Å². The molecule has 0 aliphatic rings. The van der Waals surface area contributed by atoms with E-state index in [1.54, 1.807) is 0 Å². The minimum atomic E-state index is -4.00. The number of hydrogen-bond acceptors (Lipinski definition) is 4. The van der Waals surface area contributed by atoms with Crippen molar-refractivity contribution < 1.29 is 22.7 Å². The molecule has 0 aromatic heterocycles. The number of carboxylic acids is 1. The van der Waals surface area contributed by atoms with Gasteiger partial charge in [-0.15, -0.1) is 18.2 Å². The Bertz CT molecular complexity index is 637. The Kier molecular flexibility index (Phi) is 6.01. The van der Waals surface area contributed by atoms with E-state index in [4.69, 9.17) is 11.5 Å². The van der Waals surface area contributed by atoms with Gasteiger partial charge in [0, 0.05) is 12.3 Å². The van der Waals surface area contributed by atoms with Gasteiger partial charge in [0.1, 0.15) is 10.7 Å². The van der Waals surface area contributed by atoms with Crippen molar-refractivity contribution in [2.75, 3.05) is 18.1 Å². The molecule has 1 rings (SSSR count). The summed E-state index contributed by atoms with van der Waals surface area (Å²) in [6.07, 6.45) is 5.04. The quantitative estimate of drug-likeness (QED) is 0.582. The molecule has 0 fully saturated rings. The number of carboxylic acid groups (broad SMARTS) is 1. The lowest BCUT2D eigenvalue weighted by molar-refractivity contribution is 0.0696. The number of thioether (sulfide) groups is 1. The van der Waals surface area contributed by atoms with E-state index in [1.165, 1.54) is 11.8 Å². The highest BCUT2D eigenvalue weighted by Crippen LogP contribution is 2.16. The fraction of sp³-hybridized carbons (Fsp3) is 0.250. The molecule has 0 atom stereocenters. The molecule has 1 aromatic carbocycles. The SMILES string of the molecule is C#CCSCCNS(=O)(=O)c1ccc(C(=O)O)cc1F. The van der Waals surface area contributed by atoms with Gasteiger partial charge < -0.3 is 5.11 Å². The number of halogens is 1. The summed E-state index contributed by atoms with van der Waals surface area (Å²) in [6.45, 7) is 0.106. The Morgan fingerprint density at radius 1 is 1.50 bits per heavy atom. The molecule has 0 saturated carbocycles. The van der Waals surface area contributed by atoms with Gasteiger partial charge in [-0.05, 0) is 18.2 Å². The van der Waals surface area contributed by atoms with Crippen LogP contribution in [0.5, 0.6) is 0 Å². The van der Waals surface area contributed by atoms with E-state index in [1.807, 2.05) is 0 Å². The summed E-state index contributed by atoms with van der Waals surface area (Å²) >= 11 is 1.37. The smallest absolute Gasteiger partial charge is 0.335 e. The zero-order chi connectivity index (χ0) is 15.2. The van der Waals surface area contributed by atoms with E-state index in [9.17, 15) is 17.6 Å². The van der Waals surface area contributed by atoms with Crippen molar-refractivity contribution in [2.45, 2.75) is 4.90 Å². The van der Waals surface area contributed by atoms with E-state index < -0.39 is 26.7 Å². The average Bonchev–Trinajstić information content (AvgIpc) is 2.37. The highest BCUT2D eigenvalue weighted by molar-refractivity contribution is 7.99. The Morgan fingerprint density at radius 3 is 2.75 bits per heavy atom. The second-order valence-corrected chi connectivity index (χ2v) is 6.45. The molecule has 0 heterocycles. The van der Waals surface area contributed by atoms with E-state index >= 15 is 0 Å². The number of carbonyl (C=O) groups is 1. The highest BCUT2D eigenvalue weighted by atomic mass is 32.2. The molecule has 20 heavy (non-hydrogen) atoms. The zero-order valence-electron chi connectivity index (χ0n) is 10.3. The first-order valence-corrected chi connectivity index (χ1v) is 8.06. The molecule has 108 valence electrons. The predicted octanol–water partition coefficient (Wildman–Crippen LogP) is 1.17. The summed E-state index contributed by atoms with van der Waals surface area (Å²) in [4.78, 5) is 10.1.